The highest BCUT2D eigenvalue weighted by Crippen LogP contribution is 2.18. The molecule has 29 heavy (non-hydrogen) atoms. The van der Waals surface area contributed by atoms with E-state index in [1.807, 2.05) is 4.90 Å². The molecule has 0 aromatic rings. The molecule has 0 spiro atoms. The number of guanidine groups is 1. The molecule has 166 valence electrons. The van der Waals surface area contributed by atoms with Crippen LogP contribution in [-0.2, 0) is 14.3 Å². The molecule has 3 rings (SSSR count). The SMILES string of the molecule is CCNC(=NCC1CCN(CCOC)CC1)N1CCN(C(=O)C2CCCO2)CC1. The second kappa shape index (κ2) is 11.7. The first-order valence-corrected chi connectivity index (χ1v) is 11.4. The Bertz CT molecular complexity index is 522. The van der Waals surface area contributed by atoms with Gasteiger partial charge in [-0.15, -0.1) is 0 Å². The van der Waals surface area contributed by atoms with Crippen LogP contribution in [0.4, 0.5) is 0 Å². The highest BCUT2D eigenvalue weighted by Gasteiger charge is 2.31. The molecule has 3 aliphatic rings. The van der Waals surface area contributed by atoms with E-state index in [1.54, 1.807) is 7.11 Å². The van der Waals surface area contributed by atoms with E-state index in [9.17, 15) is 4.79 Å². The van der Waals surface area contributed by atoms with Crippen LogP contribution in [0.2, 0.25) is 0 Å². The largest absolute Gasteiger partial charge is 0.383 e. The van der Waals surface area contributed by atoms with Gasteiger partial charge in [0.2, 0.25) is 0 Å². The van der Waals surface area contributed by atoms with E-state index in [0.717, 1.165) is 90.9 Å². The average Bonchev–Trinajstić information content (AvgIpc) is 3.30. The van der Waals surface area contributed by atoms with Crippen molar-refractivity contribution >= 4 is 11.9 Å². The van der Waals surface area contributed by atoms with Crippen molar-refractivity contribution < 1.29 is 14.3 Å². The topological polar surface area (TPSA) is 69.6 Å². The van der Waals surface area contributed by atoms with E-state index in [0.29, 0.717) is 5.92 Å². The average molecular weight is 410 g/mol. The Morgan fingerprint density at radius 2 is 1.83 bits per heavy atom. The van der Waals surface area contributed by atoms with Gasteiger partial charge in [0.15, 0.2) is 5.96 Å². The number of likely N-dealkylation sites (tertiary alicyclic amines) is 1. The summed E-state index contributed by atoms with van der Waals surface area (Å²) in [6, 6.07) is 0. The van der Waals surface area contributed by atoms with E-state index < -0.39 is 0 Å². The molecular formula is C21H39N5O3. The van der Waals surface area contributed by atoms with Crippen LogP contribution in [0.5, 0.6) is 0 Å². The molecule has 1 amide bonds. The third-order valence-corrected chi connectivity index (χ3v) is 6.25. The number of methoxy groups -OCH3 is 1. The summed E-state index contributed by atoms with van der Waals surface area (Å²) < 4.78 is 10.8. The fourth-order valence-corrected chi connectivity index (χ4v) is 4.37. The van der Waals surface area contributed by atoms with Crippen molar-refractivity contribution in [1.29, 1.82) is 0 Å². The minimum Gasteiger partial charge on any atom is -0.383 e. The zero-order chi connectivity index (χ0) is 20.5. The lowest BCUT2D eigenvalue weighted by Gasteiger charge is -2.37. The Kier molecular flexibility index (Phi) is 9.01. The highest BCUT2D eigenvalue weighted by atomic mass is 16.5. The number of hydrogen-bond donors (Lipinski definition) is 1. The Balaban J connectivity index is 1.44. The predicted molar refractivity (Wildman–Crippen MR) is 114 cm³/mol. The van der Waals surface area contributed by atoms with Gasteiger partial charge in [-0.2, -0.15) is 0 Å². The maximum absolute atomic E-state index is 12.6. The van der Waals surface area contributed by atoms with Crippen molar-refractivity contribution in [1.82, 2.24) is 20.0 Å². The van der Waals surface area contributed by atoms with Crippen LogP contribution in [0.25, 0.3) is 0 Å². The minimum atomic E-state index is -0.210. The van der Waals surface area contributed by atoms with E-state index in [4.69, 9.17) is 14.5 Å². The van der Waals surface area contributed by atoms with Gasteiger partial charge in [0.05, 0.1) is 6.61 Å². The quantitative estimate of drug-likeness (QED) is 0.491. The van der Waals surface area contributed by atoms with Gasteiger partial charge in [-0.25, -0.2) is 0 Å². The Labute approximate surface area is 175 Å². The maximum atomic E-state index is 12.6. The van der Waals surface area contributed by atoms with Crippen molar-refractivity contribution in [3.63, 3.8) is 0 Å². The molecule has 0 saturated carbocycles. The Hall–Kier alpha value is -1.38. The van der Waals surface area contributed by atoms with E-state index in [-0.39, 0.29) is 12.0 Å². The highest BCUT2D eigenvalue weighted by molar-refractivity contribution is 5.82. The fourth-order valence-electron chi connectivity index (χ4n) is 4.37. The second-order valence-corrected chi connectivity index (χ2v) is 8.29. The molecule has 3 heterocycles. The van der Waals surface area contributed by atoms with Gasteiger partial charge in [-0.1, -0.05) is 0 Å². The normalized spacial score (nSPS) is 24.9. The molecule has 1 N–H and O–H groups in total. The number of ether oxygens (including phenoxy) is 2. The van der Waals surface area contributed by atoms with E-state index in [1.165, 1.54) is 12.8 Å². The van der Waals surface area contributed by atoms with Gasteiger partial charge < -0.3 is 29.5 Å². The van der Waals surface area contributed by atoms with Gasteiger partial charge in [-0.3, -0.25) is 9.79 Å². The number of piperazine rings is 1. The lowest BCUT2D eigenvalue weighted by atomic mass is 9.97. The van der Waals surface area contributed by atoms with Crippen molar-refractivity contribution in [2.45, 2.75) is 38.7 Å². The number of nitrogens with one attached hydrogen (secondary N) is 1. The lowest BCUT2D eigenvalue weighted by Crippen LogP contribution is -2.55. The number of piperidine rings is 1. The van der Waals surface area contributed by atoms with Gasteiger partial charge in [-0.05, 0) is 51.6 Å². The molecule has 0 bridgehead atoms. The molecule has 8 nitrogen and oxygen atoms in total. The van der Waals surface area contributed by atoms with Gasteiger partial charge in [0, 0.05) is 59.5 Å². The summed E-state index contributed by atoms with van der Waals surface area (Å²) in [5.41, 5.74) is 0. The number of carbonyl (C=O) groups excluding carboxylic acids is 1. The smallest absolute Gasteiger partial charge is 0.251 e. The van der Waals surface area contributed by atoms with Crippen LogP contribution >= 0.6 is 0 Å². The number of rotatable bonds is 7. The molecule has 1 unspecified atom stereocenters. The zero-order valence-electron chi connectivity index (χ0n) is 18.3. The minimum absolute atomic E-state index is 0.171. The second-order valence-electron chi connectivity index (χ2n) is 8.29. The third-order valence-electron chi connectivity index (χ3n) is 6.25. The molecule has 0 aromatic heterocycles. The molecule has 1 atom stereocenters. The van der Waals surface area contributed by atoms with Gasteiger partial charge in [0.1, 0.15) is 6.10 Å². The van der Waals surface area contributed by atoms with Crippen molar-refractivity contribution in [3.8, 4) is 0 Å². The first kappa shape index (κ1) is 22.3. The van der Waals surface area contributed by atoms with Gasteiger partial charge in [0.25, 0.3) is 5.91 Å². The zero-order valence-corrected chi connectivity index (χ0v) is 18.3. The van der Waals surface area contributed by atoms with Gasteiger partial charge >= 0.3 is 0 Å². The molecular weight excluding hydrogens is 370 g/mol. The number of carbonyl (C=O) groups is 1. The molecule has 8 heteroatoms. The predicted octanol–water partition coefficient (Wildman–Crippen LogP) is 0.634. The van der Waals surface area contributed by atoms with Crippen LogP contribution in [0, 0.1) is 5.92 Å². The van der Waals surface area contributed by atoms with Crippen LogP contribution < -0.4 is 5.32 Å². The monoisotopic (exact) mass is 409 g/mol. The Morgan fingerprint density at radius 3 is 2.45 bits per heavy atom. The van der Waals surface area contributed by atoms with Crippen LogP contribution in [0.15, 0.2) is 4.99 Å². The molecule has 3 saturated heterocycles. The lowest BCUT2D eigenvalue weighted by molar-refractivity contribution is -0.142. The summed E-state index contributed by atoms with van der Waals surface area (Å²) in [5.74, 6) is 1.83. The number of aliphatic imine (C=N–C) groups is 1. The number of hydrogen-bond acceptors (Lipinski definition) is 5. The molecule has 0 radical (unpaired) electrons. The summed E-state index contributed by atoms with van der Waals surface area (Å²) in [5, 5.41) is 3.45. The molecule has 0 aliphatic carbocycles. The molecule has 3 aliphatic heterocycles. The van der Waals surface area contributed by atoms with Crippen molar-refractivity contribution in [3.05, 3.63) is 0 Å². The van der Waals surface area contributed by atoms with Crippen LogP contribution in [0.1, 0.15) is 32.6 Å². The Morgan fingerprint density at radius 1 is 1.10 bits per heavy atom. The number of amides is 1. The first-order chi connectivity index (χ1) is 14.2. The van der Waals surface area contributed by atoms with Crippen molar-refractivity contribution in [2.75, 3.05) is 79.2 Å². The number of nitrogens with zero attached hydrogens (tertiary/aromatic N) is 4. The van der Waals surface area contributed by atoms with E-state index >= 15 is 0 Å². The third kappa shape index (κ3) is 6.55. The van der Waals surface area contributed by atoms with Crippen LogP contribution in [-0.4, -0.2) is 112 Å². The summed E-state index contributed by atoms with van der Waals surface area (Å²) in [6.45, 7) is 11.9. The standard InChI is InChI=1S/C21H39N5O3/c1-3-22-21(23-17-18-6-8-24(9-7-18)14-16-28-2)26-12-10-25(11-13-26)20(27)19-5-4-15-29-19/h18-19H,3-17H2,1-2H3,(H,22,23). The first-order valence-electron chi connectivity index (χ1n) is 11.4. The summed E-state index contributed by atoms with van der Waals surface area (Å²) in [4.78, 5) is 24.3. The summed E-state index contributed by atoms with van der Waals surface area (Å²) >= 11 is 0. The fraction of sp³-hybridized carbons (Fsp3) is 0.905. The van der Waals surface area contributed by atoms with Crippen molar-refractivity contribution in [2.24, 2.45) is 10.9 Å². The molecule has 0 aromatic carbocycles. The summed E-state index contributed by atoms with van der Waals surface area (Å²) in [7, 11) is 1.77. The van der Waals surface area contributed by atoms with E-state index in [2.05, 4.69) is 22.0 Å². The maximum Gasteiger partial charge on any atom is 0.251 e. The molecule has 3 fully saturated rings. The summed E-state index contributed by atoms with van der Waals surface area (Å²) in [6.07, 6.45) is 4.07. The van der Waals surface area contributed by atoms with Crippen LogP contribution in [0.3, 0.4) is 0 Å².